The molecule has 1 aliphatic heterocycles. The molecule has 2 unspecified atom stereocenters. The molecule has 21 heavy (non-hydrogen) atoms. The highest BCUT2D eigenvalue weighted by molar-refractivity contribution is 5.85. The van der Waals surface area contributed by atoms with Crippen molar-refractivity contribution in [3.8, 4) is 0 Å². The highest BCUT2D eigenvalue weighted by Gasteiger charge is 2.29. The molecule has 1 aromatic rings. The van der Waals surface area contributed by atoms with Gasteiger partial charge in [-0.25, -0.2) is 0 Å². The van der Waals surface area contributed by atoms with Crippen LogP contribution < -0.4 is 5.73 Å². The lowest BCUT2D eigenvalue weighted by Crippen LogP contribution is -2.43. The zero-order valence-corrected chi connectivity index (χ0v) is 13.8. The Kier molecular flexibility index (Phi) is 7.20. The number of nitrogens with two attached hydrogens (primary N) is 1. The average Bonchev–Trinajstić information content (AvgIpc) is 2.53. The fourth-order valence-corrected chi connectivity index (χ4v) is 2.97. The van der Waals surface area contributed by atoms with Crippen LogP contribution >= 0.6 is 12.4 Å². The van der Waals surface area contributed by atoms with Gasteiger partial charge in [0.2, 0.25) is 5.91 Å². The molecule has 0 radical (unpaired) electrons. The topological polar surface area (TPSA) is 46.3 Å². The van der Waals surface area contributed by atoms with Crippen LogP contribution in [0.4, 0.5) is 0 Å². The van der Waals surface area contributed by atoms with Gasteiger partial charge in [0.1, 0.15) is 0 Å². The maximum absolute atomic E-state index is 12.6. The number of nitrogens with zero attached hydrogens (tertiary/aromatic N) is 1. The van der Waals surface area contributed by atoms with Gasteiger partial charge in [0, 0.05) is 19.1 Å². The minimum Gasteiger partial charge on any atom is -0.342 e. The van der Waals surface area contributed by atoms with Gasteiger partial charge in [-0.2, -0.15) is 0 Å². The van der Waals surface area contributed by atoms with Gasteiger partial charge in [0.25, 0.3) is 0 Å². The fourth-order valence-electron chi connectivity index (χ4n) is 2.97. The van der Waals surface area contributed by atoms with E-state index in [9.17, 15) is 4.79 Å². The normalized spacial score (nSPS) is 18.7. The van der Waals surface area contributed by atoms with Crippen LogP contribution in [0.25, 0.3) is 0 Å². The Bertz CT molecular complexity index is 430. The van der Waals surface area contributed by atoms with Crippen molar-refractivity contribution in [1.82, 2.24) is 4.90 Å². The highest BCUT2D eigenvalue weighted by Crippen LogP contribution is 2.25. The predicted octanol–water partition coefficient (Wildman–Crippen LogP) is 3.39. The Morgan fingerprint density at radius 2 is 1.86 bits per heavy atom. The van der Waals surface area contributed by atoms with Crippen molar-refractivity contribution in [2.75, 3.05) is 13.1 Å². The van der Waals surface area contributed by atoms with Crippen LogP contribution in [0.5, 0.6) is 0 Å². The summed E-state index contributed by atoms with van der Waals surface area (Å²) in [4.78, 5) is 14.6. The number of carbonyl (C=O) groups is 1. The van der Waals surface area contributed by atoms with Crippen LogP contribution in [-0.2, 0) is 4.79 Å². The first-order chi connectivity index (χ1) is 9.63. The number of carbonyl (C=O) groups excluding carboxylic acids is 1. The molecule has 0 bridgehead atoms. The molecule has 3 nitrogen and oxygen atoms in total. The summed E-state index contributed by atoms with van der Waals surface area (Å²) in [5, 5.41) is 0. The first-order valence-electron chi connectivity index (χ1n) is 7.72. The van der Waals surface area contributed by atoms with E-state index in [1.165, 1.54) is 6.42 Å². The van der Waals surface area contributed by atoms with Crippen LogP contribution in [0, 0.1) is 11.8 Å². The first kappa shape index (κ1) is 18.0. The molecule has 1 aromatic carbocycles. The van der Waals surface area contributed by atoms with E-state index in [-0.39, 0.29) is 30.3 Å². The third kappa shape index (κ3) is 4.45. The summed E-state index contributed by atoms with van der Waals surface area (Å²) in [5.41, 5.74) is 7.29. The van der Waals surface area contributed by atoms with E-state index in [0.29, 0.717) is 0 Å². The maximum Gasteiger partial charge on any atom is 0.227 e. The third-order valence-electron chi connectivity index (χ3n) is 4.62. The molecular formula is C17H27ClN2O. The van der Waals surface area contributed by atoms with Gasteiger partial charge in [0.05, 0.1) is 5.92 Å². The van der Waals surface area contributed by atoms with Gasteiger partial charge < -0.3 is 10.6 Å². The van der Waals surface area contributed by atoms with Crippen LogP contribution in [0.2, 0.25) is 0 Å². The molecule has 1 aliphatic rings. The molecule has 0 spiro atoms. The summed E-state index contributed by atoms with van der Waals surface area (Å²) in [6, 6.07) is 9.69. The first-order valence-corrected chi connectivity index (χ1v) is 7.72. The summed E-state index contributed by atoms with van der Waals surface area (Å²) < 4.78 is 0. The Balaban J connectivity index is 0.00000220. The molecule has 1 fully saturated rings. The van der Waals surface area contributed by atoms with Crippen molar-refractivity contribution in [2.45, 2.75) is 39.2 Å². The molecule has 118 valence electrons. The summed E-state index contributed by atoms with van der Waals surface area (Å²) in [6.45, 7) is 5.97. The van der Waals surface area contributed by atoms with E-state index in [1.54, 1.807) is 0 Å². The van der Waals surface area contributed by atoms with Gasteiger partial charge in [-0.05, 0) is 24.3 Å². The summed E-state index contributed by atoms with van der Waals surface area (Å²) >= 11 is 0. The van der Waals surface area contributed by atoms with Crippen LogP contribution in [0.1, 0.15) is 44.7 Å². The summed E-state index contributed by atoms with van der Waals surface area (Å²) in [5.74, 6) is 0.837. The number of hydrogen-bond donors (Lipinski definition) is 1. The standard InChI is InChI=1S/C17H26N2O.ClH/c1-3-14-9-11-19(12-10-14)17(20)13(2)16(18)15-7-5-4-6-8-15;/h4-8,13-14,16H,3,9-12,18H2,1-2H3;1H. The number of likely N-dealkylation sites (tertiary alicyclic amines) is 1. The third-order valence-corrected chi connectivity index (χ3v) is 4.62. The highest BCUT2D eigenvalue weighted by atomic mass is 35.5. The van der Waals surface area contributed by atoms with E-state index in [1.807, 2.05) is 42.2 Å². The van der Waals surface area contributed by atoms with Crippen molar-refractivity contribution in [1.29, 1.82) is 0 Å². The van der Waals surface area contributed by atoms with Crippen LogP contribution in [0.15, 0.2) is 30.3 Å². The lowest BCUT2D eigenvalue weighted by Gasteiger charge is -2.34. The van der Waals surface area contributed by atoms with Crippen molar-refractivity contribution in [3.63, 3.8) is 0 Å². The van der Waals surface area contributed by atoms with E-state index in [2.05, 4.69) is 6.92 Å². The average molecular weight is 311 g/mol. The fraction of sp³-hybridized carbons (Fsp3) is 0.588. The minimum absolute atomic E-state index is 0. The van der Waals surface area contributed by atoms with Gasteiger partial charge in [0.15, 0.2) is 0 Å². The number of piperidine rings is 1. The predicted molar refractivity (Wildman–Crippen MR) is 89.4 cm³/mol. The molecule has 4 heteroatoms. The summed E-state index contributed by atoms with van der Waals surface area (Å²) in [6.07, 6.45) is 3.49. The smallest absolute Gasteiger partial charge is 0.227 e. The zero-order valence-electron chi connectivity index (χ0n) is 13.0. The largest absolute Gasteiger partial charge is 0.342 e. The van der Waals surface area contributed by atoms with Crippen LogP contribution in [-0.4, -0.2) is 23.9 Å². The molecule has 0 aromatic heterocycles. The summed E-state index contributed by atoms with van der Waals surface area (Å²) in [7, 11) is 0. The van der Waals surface area contributed by atoms with E-state index < -0.39 is 0 Å². The number of hydrogen-bond acceptors (Lipinski definition) is 2. The molecule has 0 saturated carbocycles. The van der Waals surface area contributed by atoms with E-state index in [4.69, 9.17) is 5.73 Å². The number of benzene rings is 1. The molecule has 2 atom stereocenters. The van der Waals surface area contributed by atoms with Gasteiger partial charge in [-0.15, -0.1) is 12.4 Å². The van der Waals surface area contributed by atoms with Crippen molar-refractivity contribution >= 4 is 18.3 Å². The SMILES string of the molecule is CCC1CCN(C(=O)C(C)C(N)c2ccccc2)CC1.Cl. The Hall–Kier alpha value is -1.06. The monoisotopic (exact) mass is 310 g/mol. The number of amides is 1. The van der Waals surface area contributed by atoms with Gasteiger partial charge in [-0.3, -0.25) is 4.79 Å². The molecular weight excluding hydrogens is 284 g/mol. The molecule has 0 aliphatic carbocycles. The second-order valence-corrected chi connectivity index (χ2v) is 5.90. The van der Waals surface area contributed by atoms with Crippen LogP contribution in [0.3, 0.4) is 0 Å². The second-order valence-electron chi connectivity index (χ2n) is 5.90. The van der Waals surface area contributed by atoms with E-state index in [0.717, 1.165) is 37.4 Å². The zero-order chi connectivity index (χ0) is 14.5. The molecule has 1 amide bonds. The van der Waals surface area contributed by atoms with Crippen molar-refractivity contribution < 1.29 is 4.79 Å². The van der Waals surface area contributed by atoms with Gasteiger partial charge >= 0.3 is 0 Å². The minimum atomic E-state index is -0.215. The number of halogens is 1. The van der Waals surface area contributed by atoms with Crippen molar-refractivity contribution in [2.24, 2.45) is 17.6 Å². The Morgan fingerprint density at radius 3 is 2.38 bits per heavy atom. The number of rotatable bonds is 4. The lowest BCUT2D eigenvalue weighted by atomic mass is 9.91. The molecule has 1 saturated heterocycles. The molecule has 2 rings (SSSR count). The maximum atomic E-state index is 12.6. The Labute approximate surface area is 134 Å². The quantitative estimate of drug-likeness (QED) is 0.926. The Morgan fingerprint density at radius 1 is 1.29 bits per heavy atom. The second kappa shape index (κ2) is 8.40. The molecule has 1 heterocycles. The van der Waals surface area contributed by atoms with E-state index >= 15 is 0 Å². The van der Waals surface area contributed by atoms with Crippen molar-refractivity contribution in [3.05, 3.63) is 35.9 Å². The molecule has 2 N–H and O–H groups in total. The van der Waals surface area contributed by atoms with Gasteiger partial charge in [-0.1, -0.05) is 50.6 Å². The lowest BCUT2D eigenvalue weighted by molar-refractivity contribution is -0.137.